The van der Waals surface area contributed by atoms with Crippen molar-refractivity contribution < 1.29 is 0 Å². The van der Waals surface area contributed by atoms with Crippen molar-refractivity contribution in [1.29, 1.82) is 5.26 Å². The van der Waals surface area contributed by atoms with Crippen LogP contribution in [0, 0.1) is 23.7 Å². The third-order valence-corrected chi connectivity index (χ3v) is 4.79. The first-order chi connectivity index (χ1) is 8.12. The molecule has 0 N–H and O–H groups in total. The summed E-state index contributed by atoms with van der Waals surface area (Å²) >= 11 is 3.61. The molecule has 0 bridgehead atoms. The molecule has 1 aromatic heterocycles. The number of rotatable bonds is 3. The third kappa shape index (κ3) is 2.26. The van der Waals surface area contributed by atoms with Crippen LogP contribution >= 0.6 is 15.9 Å². The van der Waals surface area contributed by atoms with E-state index in [1.165, 1.54) is 18.5 Å². The van der Waals surface area contributed by atoms with Crippen LogP contribution < -0.4 is 0 Å². The Hall–Kier alpha value is -0.820. The van der Waals surface area contributed by atoms with E-state index in [9.17, 15) is 5.26 Å². The van der Waals surface area contributed by atoms with Crippen molar-refractivity contribution in [2.24, 2.45) is 5.41 Å². The normalized spacial score (nSPS) is 18.2. The van der Waals surface area contributed by atoms with Crippen LogP contribution in [0.4, 0.5) is 0 Å². The molecule has 1 fully saturated rings. The van der Waals surface area contributed by atoms with Gasteiger partial charge in [-0.25, -0.2) is 0 Å². The highest BCUT2D eigenvalue weighted by Crippen LogP contribution is 2.41. The van der Waals surface area contributed by atoms with Gasteiger partial charge < -0.3 is 0 Å². The molecule has 0 unspecified atom stereocenters. The van der Waals surface area contributed by atoms with Crippen LogP contribution in [0.2, 0.25) is 0 Å². The molecule has 1 aliphatic rings. The molecule has 0 radical (unpaired) electrons. The van der Waals surface area contributed by atoms with E-state index in [-0.39, 0.29) is 5.41 Å². The Kier molecular flexibility index (Phi) is 3.58. The average molecular weight is 296 g/mol. The summed E-state index contributed by atoms with van der Waals surface area (Å²) < 4.78 is 3.11. The Morgan fingerprint density at radius 1 is 1.47 bits per heavy atom. The SMILES string of the molecule is CCn1nc(C)c(Br)c1CC1(C#N)CCCC1. The van der Waals surface area contributed by atoms with Crippen LogP contribution in [0.25, 0.3) is 0 Å². The van der Waals surface area contributed by atoms with Gasteiger partial charge in [-0.05, 0) is 42.6 Å². The summed E-state index contributed by atoms with van der Waals surface area (Å²) in [4.78, 5) is 0. The minimum absolute atomic E-state index is 0.151. The molecule has 0 aromatic carbocycles. The number of halogens is 1. The second kappa shape index (κ2) is 4.81. The monoisotopic (exact) mass is 295 g/mol. The predicted molar refractivity (Wildman–Crippen MR) is 70.6 cm³/mol. The summed E-state index contributed by atoms with van der Waals surface area (Å²) in [6.45, 7) is 4.97. The molecule has 0 aliphatic heterocycles. The molecule has 2 rings (SSSR count). The Bertz CT molecular complexity index is 450. The zero-order valence-electron chi connectivity index (χ0n) is 10.5. The first-order valence-electron chi connectivity index (χ1n) is 6.25. The number of nitriles is 1. The van der Waals surface area contributed by atoms with Crippen molar-refractivity contribution >= 4 is 15.9 Å². The molecule has 1 aliphatic carbocycles. The lowest BCUT2D eigenvalue weighted by Gasteiger charge is -2.20. The molecule has 3 nitrogen and oxygen atoms in total. The Balaban J connectivity index is 2.32. The smallest absolute Gasteiger partial charge is 0.0738 e. The van der Waals surface area contributed by atoms with Crippen molar-refractivity contribution in [2.75, 3.05) is 0 Å². The van der Waals surface area contributed by atoms with Gasteiger partial charge >= 0.3 is 0 Å². The van der Waals surface area contributed by atoms with E-state index in [1.807, 2.05) is 11.6 Å². The van der Waals surface area contributed by atoms with Crippen LogP contribution in [0.3, 0.4) is 0 Å². The maximum atomic E-state index is 9.44. The zero-order valence-corrected chi connectivity index (χ0v) is 12.0. The van der Waals surface area contributed by atoms with E-state index in [0.29, 0.717) is 0 Å². The number of aryl methyl sites for hydroxylation is 2. The molecule has 17 heavy (non-hydrogen) atoms. The summed E-state index contributed by atoms with van der Waals surface area (Å²) in [5.74, 6) is 0. The first kappa shape index (κ1) is 12.6. The van der Waals surface area contributed by atoms with Gasteiger partial charge in [0.1, 0.15) is 0 Å². The van der Waals surface area contributed by atoms with Gasteiger partial charge in [0, 0.05) is 13.0 Å². The highest BCUT2D eigenvalue weighted by atomic mass is 79.9. The quantitative estimate of drug-likeness (QED) is 0.855. The molecule has 1 aromatic rings. The average Bonchev–Trinajstić information content (AvgIpc) is 2.90. The topological polar surface area (TPSA) is 41.6 Å². The summed E-state index contributed by atoms with van der Waals surface area (Å²) in [7, 11) is 0. The maximum Gasteiger partial charge on any atom is 0.0738 e. The van der Waals surface area contributed by atoms with Crippen molar-refractivity contribution in [3.63, 3.8) is 0 Å². The molecule has 0 spiro atoms. The van der Waals surface area contributed by atoms with Gasteiger partial charge in [-0.1, -0.05) is 12.8 Å². The lowest BCUT2D eigenvalue weighted by molar-refractivity contribution is 0.391. The van der Waals surface area contributed by atoms with Crippen molar-refractivity contribution in [2.45, 2.75) is 52.5 Å². The molecular formula is C13H18BrN3. The minimum atomic E-state index is -0.151. The van der Waals surface area contributed by atoms with Crippen LogP contribution in [-0.2, 0) is 13.0 Å². The predicted octanol–water partition coefficient (Wildman–Crippen LogP) is 3.60. The second-order valence-corrected chi connectivity index (χ2v) is 5.73. The summed E-state index contributed by atoms with van der Waals surface area (Å²) in [5.41, 5.74) is 2.06. The lowest BCUT2D eigenvalue weighted by atomic mass is 9.83. The van der Waals surface area contributed by atoms with E-state index in [0.717, 1.165) is 36.0 Å². The van der Waals surface area contributed by atoms with Crippen molar-refractivity contribution in [1.82, 2.24) is 9.78 Å². The van der Waals surface area contributed by atoms with E-state index >= 15 is 0 Å². The van der Waals surface area contributed by atoms with Crippen LogP contribution in [0.5, 0.6) is 0 Å². The molecule has 0 saturated heterocycles. The van der Waals surface area contributed by atoms with Crippen molar-refractivity contribution in [3.8, 4) is 6.07 Å². The summed E-state index contributed by atoms with van der Waals surface area (Å²) in [5, 5.41) is 13.9. The van der Waals surface area contributed by atoms with E-state index in [2.05, 4.69) is 34.0 Å². The standard InChI is InChI=1S/C13H18BrN3/c1-3-17-11(12(14)10(2)16-17)8-13(9-15)6-4-5-7-13/h3-8H2,1-2H3. The maximum absolute atomic E-state index is 9.44. The fourth-order valence-electron chi connectivity index (χ4n) is 2.74. The second-order valence-electron chi connectivity index (χ2n) is 4.94. The number of hydrogen-bond acceptors (Lipinski definition) is 2. The number of aromatic nitrogens is 2. The van der Waals surface area contributed by atoms with E-state index < -0.39 is 0 Å². The van der Waals surface area contributed by atoms with Crippen LogP contribution in [0.1, 0.15) is 44.0 Å². The van der Waals surface area contributed by atoms with E-state index in [4.69, 9.17) is 0 Å². The van der Waals surface area contributed by atoms with Gasteiger partial charge in [0.15, 0.2) is 0 Å². The zero-order chi connectivity index (χ0) is 12.5. The van der Waals surface area contributed by atoms with Gasteiger partial charge in [-0.15, -0.1) is 0 Å². The first-order valence-corrected chi connectivity index (χ1v) is 7.04. The van der Waals surface area contributed by atoms with Gasteiger partial charge in [0.25, 0.3) is 0 Å². The molecule has 92 valence electrons. The van der Waals surface area contributed by atoms with Crippen LogP contribution in [0.15, 0.2) is 4.47 Å². The molecule has 0 atom stereocenters. The fraction of sp³-hybridized carbons (Fsp3) is 0.692. The molecule has 1 saturated carbocycles. The summed E-state index contributed by atoms with van der Waals surface area (Å²) in [6.07, 6.45) is 5.27. The third-order valence-electron chi connectivity index (χ3n) is 3.76. The Labute approximate surface area is 111 Å². The number of nitrogens with zero attached hydrogens (tertiary/aromatic N) is 3. The molecule has 1 heterocycles. The molecule has 4 heteroatoms. The van der Waals surface area contributed by atoms with Gasteiger partial charge in [-0.3, -0.25) is 4.68 Å². The Morgan fingerprint density at radius 2 is 2.12 bits per heavy atom. The highest BCUT2D eigenvalue weighted by Gasteiger charge is 2.36. The van der Waals surface area contributed by atoms with Gasteiger partial charge in [-0.2, -0.15) is 10.4 Å². The number of hydrogen-bond donors (Lipinski definition) is 0. The molecule has 0 amide bonds. The highest BCUT2D eigenvalue weighted by molar-refractivity contribution is 9.10. The van der Waals surface area contributed by atoms with Crippen molar-refractivity contribution in [3.05, 3.63) is 15.9 Å². The molecular weight excluding hydrogens is 278 g/mol. The lowest BCUT2D eigenvalue weighted by Crippen LogP contribution is -2.20. The summed E-state index contributed by atoms with van der Waals surface area (Å²) in [6, 6.07) is 2.55. The van der Waals surface area contributed by atoms with Crippen LogP contribution in [-0.4, -0.2) is 9.78 Å². The van der Waals surface area contributed by atoms with E-state index in [1.54, 1.807) is 0 Å². The minimum Gasteiger partial charge on any atom is -0.268 e. The van der Waals surface area contributed by atoms with Gasteiger partial charge in [0.05, 0.1) is 27.3 Å². The van der Waals surface area contributed by atoms with Gasteiger partial charge in [0.2, 0.25) is 0 Å². The fourth-order valence-corrected chi connectivity index (χ4v) is 3.16. The largest absolute Gasteiger partial charge is 0.268 e. The Morgan fingerprint density at radius 3 is 2.65 bits per heavy atom.